The zero-order valence-electron chi connectivity index (χ0n) is 13.8. The summed E-state index contributed by atoms with van der Waals surface area (Å²) in [4.78, 5) is 17.0. The Balaban J connectivity index is 1.53. The van der Waals surface area contributed by atoms with E-state index in [-0.39, 0.29) is 11.7 Å². The molecule has 7 heteroatoms. The van der Waals surface area contributed by atoms with Crippen LogP contribution < -0.4 is 5.32 Å². The maximum Gasteiger partial charge on any atom is 0.264 e. The number of phenolic OH excluding ortho intramolecular Hbond substituents is 1. The molecule has 4 rings (SSSR count). The lowest BCUT2D eigenvalue weighted by molar-refractivity contribution is -0.115. The standard InChI is InChI=1S/C20H13BrN2O3S/c21-13-3-1-12(2-4-13)17-10-9-16(26-17)11-18-19(25)23-20(27-18)22-14-5-7-15(24)8-6-14/h1-11,24H,(H,22,23,25)/b18-11-. The predicted octanol–water partition coefficient (Wildman–Crippen LogP) is 5.31. The van der Waals surface area contributed by atoms with Crippen LogP contribution >= 0.6 is 27.7 Å². The van der Waals surface area contributed by atoms with Crippen molar-refractivity contribution in [2.75, 3.05) is 0 Å². The molecular formula is C20H13BrN2O3S. The molecular weight excluding hydrogens is 428 g/mol. The van der Waals surface area contributed by atoms with Gasteiger partial charge in [0.15, 0.2) is 5.17 Å². The number of amides is 1. The van der Waals surface area contributed by atoms with Crippen LogP contribution in [0, 0.1) is 0 Å². The molecule has 5 nitrogen and oxygen atoms in total. The number of hydrogen-bond donors (Lipinski definition) is 2. The zero-order valence-corrected chi connectivity index (χ0v) is 16.3. The Morgan fingerprint density at radius 3 is 2.52 bits per heavy atom. The Morgan fingerprint density at radius 1 is 1.04 bits per heavy atom. The Morgan fingerprint density at radius 2 is 1.78 bits per heavy atom. The Bertz CT molecular complexity index is 1050. The molecule has 1 amide bonds. The molecule has 0 spiro atoms. The van der Waals surface area contributed by atoms with Crippen molar-refractivity contribution in [1.82, 2.24) is 5.32 Å². The normalized spacial score (nSPS) is 16.9. The van der Waals surface area contributed by atoms with Gasteiger partial charge < -0.3 is 14.8 Å². The summed E-state index contributed by atoms with van der Waals surface area (Å²) < 4.78 is 6.83. The molecule has 2 heterocycles. The third-order valence-electron chi connectivity index (χ3n) is 3.76. The maximum atomic E-state index is 12.2. The van der Waals surface area contributed by atoms with Gasteiger partial charge in [0.2, 0.25) is 0 Å². The number of phenols is 1. The fourth-order valence-electron chi connectivity index (χ4n) is 2.45. The van der Waals surface area contributed by atoms with Gasteiger partial charge in [-0.1, -0.05) is 28.1 Å². The maximum absolute atomic E-state index is 12.2. The number of nitrogens with zero attached hydrogens (tertiary/aromatic N) is 1. The number of carbonyl (C=O) groups is 1. The lowest BCUT2D eigenvalue weighted by Crippen LogP contribution is -2.19. The van der Waals surface area contributed by atoms with Crippen LogP contribution in [0.15, 0.2) is 79.5 Å². The topological polar surface area (TPSA) is 74.8 Å². The van der Waals surface area contributed by atoms with E-state index in [1.807, 2.05) is 36.4 Å². The van der Waals surface area contributed by atoms with Gasteiger partial charge in [-0.25, -0.2) is 4.99 Å². The number of nitrogens with one attached hydrogen (secondary N) is 1. The molecule has 1 aliphatic rings. The summed E-state index contributed by atoms with van der Waals surface area (Å²) >= 11 is 4.65. The molecule has 0 aliphatic carbocycles. The Kier molecular flexibility index (Phi) is 4.87. The molecule has 0 radical (unpaired) electrons. The molecule has 1 saturated heterocycles. The van der Waals surface area contributed by atoms with Crippen molar-refractivity contribution in [3.63, 3.8) is 0 Å². The second kappa shape index (κ2) is 7.46. The summed E-state index contributed by atoms with van der Waals surface area (Å²) in [5.41, 5.74) is 1.60. The quantitative estimate of drug-likeness (QED) is 0.541. The van der Waals surface area contributed by atoms with Crippen LogP contribution in [-0.2, 0) is 4.79 Å². The molecule has 1 aliphatic heterocycles. The monoisotopic (exact) mass is 440 g/mol. The van der Waals surface area contributed by atoms with Crippen LogP contribution in [0.3, 0.4) is 0 Å². The summed E-state index contributed by atoms with van der Waals surface area (Å²) in [5, 5.41) is 12.5. The van der Waals surface area contributed by atoms with Crippen LogP contribution in [0.1, 0.15) is 5.76 Å². The first-order valence-corrected chi connectivity index (χ1v) is 9.62. The van der Waals surface area contributed by atoms with E-state index in [2.05, 4.69) is 26.2 Å². The van der Waals surface area contributed by atoms with Crippen LogP contribution in [0.4, 0.5) is 5.69 Å². The summed E-state index contributed by atoms with van der Waals surface area (Å²) in [6.45, 7) is 0. The van der Waals surface area contributed by atoms with Gasteiger partial charge in [0, 0.05) is 16.1 Å². The molecule has 1 aromatic heterocycles. The number of hydrogen-bond acceptors (Lipinski definition) is 5. The van der Waals surface area contributed by atoms with Crippen molar-refractivity contribution in [3.8, 4) is 17.1 Å². The van der Waals surface area contributed by atoms with E-state index >= 15 is 0 Å². The number of furan rings is 1. The number of aliphatic imine (C=N–C) groups is 1. The van der Waals surface area contributed by atoms with Crippen molar-refractivity contribution in [1.29, 1.82) is 0 Å². The molecule has 0 bridgehead atoms. The van der Waals surface area contributed by atoms with E-state index in [4.69, 9.17) is 4.42 Å². The summed E-state index contributed by atoms with van der Waals surface area (Å²) in [6.07, 6.45) is 1.70. The van der Waals surface area contributed by atoms with Crippen molar-refractivity contribution < 1.29 is 14.3 Å². The minimum atomic E-state index is -0.223. The first-order valence-electron chi connectivity index (χ1n) is 8.01. The number of halogens is 1. The van der Waals surface area contributed by atoms with E-state index in [0.29, 0.717) is 21.5 Å². The van der Waals surface area contributed by atoms with E-state index in [1.54, 1.807) is 30.3 Å². The van der Waals surface area contributed by atoms with Crippen LogP contribution in [0.5, 0.6) is 5.75 Å². The van der Waals surface area contributed by atoms with Gasteiger partial charge in [0.1, 0.15) is 17.3 Å². The zero-order chi connectivity index (χ0) is 18.8. The second-order valence-corrected chi connectivity index (χ2v) is 7.65. The SMILES string of the molecule is O=C1NC(=Nc2ccc(O)cc2)S/C1=C\c1ccc(-c2ccc(Br)cc2)o1. The second-order valence-electron chi connectivity index (χ2n) is 5.71. The third-order valence-corrected chi connectivity index (χ3v) is 5.20. The van der Waals surface area contributed by atoms with Gasteiger partial charge in [0.05, 0.1) is 10.6 Å². The molecule has 0 atom stereocenters. The van der Waals surface area contributed by atoms with Crippen LogP contribution in [0.2, 0.25) is 0 Å². The number of benzene rings is 2. The lowest BCUT2D eigenvalue weighted by atomic mass is 10.2. The van der Waals surface area contributed by atoms with Crippen molar-refractivity contribution in [2.45, 2.75) is 0 Å². The summed E-state index contributed by atoms with van der Waals surface area (Å²) in [7, 11) is 0. The minimum Gasteiger partial charge on any atom is -0.508 e. The number of aromatic hydroxyl groups is 1. The number of rotatable bonds is 3. The average Bonchev–Trinajstić information content (AvgIpc) is 3.25. The molecule has 2 aromatic carbocycles. The highest BCUT2D eigenvalue weighted by atomic mass is 79.9. The van der Waals surface area contributed by atoms with Gasteiger partial charge >= 0.3 is 0 Å². The highest BCUT2D eigenvalue weighted by Crippen LogP contribution is 2.30. The minimum absolute atomic E-state index is 0.169. The lowest BCUT2D eigenvalue weighted by Gasteiger charge is -1.97. The van der Waals surface area contributed by atoms with Crippen molar-refractivity contribution in [3.05, 3.63) is 75.8 Å². The van der Waals surface area contributed by atoms with E-state index < -0.39 is 0 Å². The van der Waals surface area contributed by atoms with E-state index in [9.17, 15) is 9.90 Å². The molecule has 134 valence electrons. The first kappa shape index (κ1) is 17.6. The number of carbonyl (C=O) groups excluding carboxylic acids is 1. The van der Waals surface area contributed by atoms with Gasteiger partial charge in [-0.3, -0.25) is 4.79 Å². The van der Waals surface area contributed by atoms with Crippen molar-refractivity contribution >= 4 is 50.5 Å². The van der Waals surface area contributed by atoms with Gasteiger partial charge in [-0.2, -0.15) is 0 Å². The Labute approximate surface area is 167 Å². The number of amidine groups is 1. The molecule has 0 saturated carbocycles. The summed E-state index contributed by atoms with van der Waals surface area (Å²) in [6, 6.07) is 17.9. The molecule has 2 N–H and O–H groups in total. The van der Waals surface area contributed by atoms with Gasteiger partial charge in [-0.05, 0) is 60.3 Å². The third kappa shape index (κ3) is 4.15. The highest BCUT2D eigenvalue weighted by molar-refractivity contribution is 9.10. The molecule has 3 aromatic rings. The highest BCUT2D eigenvalue weighted by Gasteiger charge is 2.24. The molecule has 27 heavy (non-hydrogen) atoms. The van der Waals surface area contributed by atoms with Gasteiger partial charge in [-0.15, -0.1) is 0 Å². The summed E-state index contributed by atoms with van der Waals surface area (Å²) in [5.74, 6) is 1.27. The average molecular weight is 441 g/mol. The van der Waals surface area contributed by atoms with Crippen LogP contribution in [-0.4, -0.2) is 16.2 Å². The van der Waals surface area contributed by atoms with E-state index in [1.165, 1.54) is 11.8 Å². The predicted molar refractivity (Wildman–Crippen MR) is 111 cm³/mol. The fourth-order valence-corrected chi connectivity index (χ4v) is 3.54. The first-order chi connectivity index (χ1) is 13.1. The fraction of sp³-hybridized carbons (Fsp3) is 0. The van der Waals surface area contributed by atoms with Crippen LogP contribution in [0.25, 0.3) is 17.4 Å². The molecule has 1 fully saturated rings. The van der Waals surface area contributed by atoms with Gasteiger partial charge in [0.25, 0.3) is 5.91 Å². The van der Waals surface area contributed by atoms with Crippen molar-refractivity contribution in [2.24, 2.45) is 4.99 Å². The van der Waals surface area contributed by atoms with E-state index in [0.717, 1.165) is 15.8 Å². The largest absolute Gasteiger partial charge is 0.508 e. The number of thioether (sulfide) groups is 1. The Hall–Kier alpha value is -2.77. The molecule has 0 unspecified atom stereocenters. The smallest absolute Gasteiger partial charge is 0.264 e.